The summed E-state index contributed by atoms with van der Waals surface area (Å²) in [7, 11) is 0. The van der Waals surface area contributed by atoms with Gasteiger partial charge in [0.15, 0.2) is 0 Å². The molecule has 0 aliphatic carbocycles. The monoisotopic (exact) mass is 303 g/mol. The van der Waals surface area contributed by atoms with Crippen LogP contribution in [0.4, 0.5) is 5.82 Å². The highest BCUT2D eigenvalue weighted by molar-refractivity contribution is 5.81. The van der Waals surface area contributed by atoms with E-state index in [2.05, 4.69) is 11.1 Å². The van der Waals surface area contributed by atoms with Crippen LogP contribution in [-0.4, -0.2) is 15.2 Å². The zero-order valence-corrected chi connectivity index (χ0v) is 12.1. The number of hydrogen-bond acceptors (Lipinski definition) is 5. The summed E-state index contributed by atoms with van der Waals surface area (Å²) in [5, 5.41) is 29.0. The lowest BCUT2D eigenvalue weighted by molar-refractivity contribution is 0.461. The summed E-state index contributed by atoms with van der Waals surface area (Å²) in [6.07, 6.45) is 0. The van der Waals surface area contributed by atoms with Crippen LogP contribution in [0.5, 0.6) is 11.5 Å². The van der Waals surface area contributed by atoms with Crippen molar-refractivity contribution in [2.24, 2.45) is 0 Å². The first kappa shape index (κ1) is 14.4. The Kier molecular flexibility index (Phi) is 3.57. The van der Waals surface area contributed by atoms with Crippen molar-refractivity contribution in [3.63, 3.8) is 0 Å². The second-order valence-electron chi connectivity index (χ2n) is 4.99. The summed E-state index contributed by atoms with van der Waals surface area (Å²) in [6.45, 7) is 0. The molecule has 112 valence electrons. The molecule has 0 spiro atoms. The van der Waals surface area contributed by atoms with Gasteiger partial charge in [0.2, 0.25) is 0 Å². The van der Waals surface area contributed by atoms with Gasteiger partial charge in [0.25, 0.3) is 0 Å². The van der Waals surface area contributed by atoms with E-state index in [0.29, 0.717) is 16.8 Å². The molecule has 0 aliphatic rings. The summed E-state index contributed by atoms with van der Waals surface area (Å²) < 4.78 is 0. The molecule has 0 fully saturated rings. The maximum absolute atomic E-state index is 10.0. The fourth-order valence-electron chi connectivity index (χ4n) is 2.39. The van der Waals surface area contributed by atoms with Gasteiger partial charge < -0.3 is 15.9 Å². The van der Waals surface area contributed by atoms with E-state index in [4.69, 9.17) is 5.73 Å². The maximum Gasteiger partial charge on any atom is 0.142 e. The van der Waals surface area contributed by atoms with Crippen molar-refractivity contribution in [1.82, 2.24) is 4.98 Å². The number of nitriles is 1. The van der Waals surface area contributed by atoms with E-state index in [9.17, 15) is 15.5 Å². The van der Waals surface area contributed by atoms with Crippen molar-refractivity contribution in [2.45, 2.75) is 0 Å². The number of nitrogens with two attached hydrogens (primary N) is 1. The molecule has 0 bridgehead atoms. The predicted molar refractivity (Wildman–Crippen MR) is 87.6 cm³/mol. The van der Waals surface area contributed by atoms with Crippen LogP contribution in [0.25, 0.3) is 22.4 Å². The van der Waals surface area contributed by atoms with Crippen molar-refractivity contribution in [1.29, 1.82) is 5.26 Å². The first-order valence-electron chi connectivity index (χ1n) is 6.88. The number of aromatic nitrogens is 1. The summed E-state index contributed by atoms with van der Waals surface area (Å²) in [4.78, 5) is 4.19. The Labute approximate surface area is 132 Å². The SMILES string of the molecule is N#Cc1c(-c2ccccc2)cc(-c2cc(O)ccc2O)nc1N. The Morgan fingerprint density at radius 1 is 0.957 bits per heavy atom. The van der Waals surface area contributed by atoms with E-state index < -0.39 is 0 Å². The smallest absolute Gasteiger partial charge is 0.142 e. The van der Waals surface area contributed by atoms with Crippen LogP contribution < -0.4 is 5.73 Å². The third kappa shape index (κ3) is 2.65. The summed E-state index contributed by atoms with van der Waals surface area (Å²) in [5.41, 5.74) is 8.37. The molecule has 0 aliphatic heterocycles. The average molecular weight is 303 g/mol. The Bertz CT molecular complexity index is 916. The second-order valence-corrected chi connectivity index (χ2v) is 4.99. The van der Waals surface area contributed by atoms with Crippen LogP contribution >= 0.6 is 0 Å². The number of nitrogens with zero attached hydrogens (tertiary/aromatic N) is 2. The van der Waals surface area contributed by atoms with Crippen molar-refractivity contribution < 1.29 is 10.2 Å². The van der Waals surface area contributed by atoms with Crippen LogP contribution in [0.3, 0.4) is 0 Å². The molecular formula is C18H13N3O2. The van der Waals surface area contributed by atoms with Gasteiger partial charge in [-0.1, -0.05) is 30.3 Å². The number of anilines is 1. The topological polar surface area (TPSA) is 103 Å². The number of hydrogen-bond donors (Lipinski definition) is 3. The fourth-order valence-corrected chi connectivity index (χ4v) is 2.39. The summed E-state index contributed by atoms with van der Waals surface area (Å²) >= 11 is 0. The van der Waals surface area contributed by atoms with Gasteiger partial charge in [-0.3, -0.25) is 0 Å². The molecule has 2 aromatic carbocycles. The lowest BCUT2D eigenvalue weighted by Gasteiger charge is -2.11. The Balaban J connectivity index is 2.27. The zero-order chi connectivity index (χ0) is 16.4. The lowest BCUT2D eigenvalue weighted by Crippen LogP contribution is -1.99. The van der Waals surface area contributed by atoms with Gasteiger partial charge in [-0.25, -0.2) is 4.98 Å². The molecule has 1 aromatic heterocycles. The normalized spacial score (nSPS) is 10.2. The Morgan fingerprint density at radius 2 is 1.70 bits per heavy atom. The fraction of sp³-hybridized carbons (Fsp3) is 0. The van der Waals surface area contributed by atoms with Crippen LogP contribution in [-0.2, 0) is 0 Å². The third-order valence-electron chi connectivity index (χ3n) is 3.50. The van der Waals surface area contributed by atoms with Gasteiger partial charge in [0.1, 0.15) is 28.9 Å². The molecule has 3 rings (SSSR count). The molecule has 0 saturated heterocycles. The van der Waals surface area contributed by atoms with Gasteiger partial charge in [-0.15, -0.1) is 0 Å². The van der Waals surface area contributed by atoms with Gasteiger partial charge in [0, 0.05) is 11.1 Å². The average Bonchev–Trinajstić information content (AvgIpc) is 2.57. The number of phenolic OH excluding ortho intramolecular Hbond substituents is 2. The molecule has 1 heterocycles. The van der Waals surface area contributed by atoms with E-state index in [0.717, 1.165) is 5.56 Å². The van der Waals surface area contributed by atoms with Crippen LogP contribution in [0.2, 0.25) is 0 Å². The predicted octanol–water partition coefficient (Wildman–Crippen LogP) is 3.28. The van der Waals surface area contributed by atoms with E-state index in [1.807, 2.05) is 30.3 Å². The second kappa shape index (κ2) is 5.70. The van der Waals surface area contributed by atoms with Crippen LogP contribution in [0.15, 0.2) is 54.6 Å². The van der Waals surface area contributed by atoms with Gasteiger partial charge in [-0.2, -0.15) is 5.26 Å². The molecule has 4 N–H and O–H groups in total. The highest BCUT2D eigenvalue weighted by Crippen LogP contribution is 2.35. The standard InChI is InChI=1S/C18H13N3O2/c19-10-15-13(11-4-2-1-3-5-11)9-16(21-18(15)20)14-8-12(22)6-7-17(14)23/h1-9,22-23H,(H2,20,21). The first-order chi connectivity index (χ1) is 11.1. The third-order valence-corrected chi connectivity index (χ3v) is 3.50. The summed E-state index contributed by atoms with van der Waals surface area (Å²) in [5.74, 6) is 0.0498. The molecule has 5 nitrogen and oxygen atoms in total. The molecule has 0 atom stereocenters. The van der Waals surface area contributed by atoms with E-state index in [1.54, 1.807) is 6.07 Å². The quantitative estimate of drug-likeness (QED) is 0.630. The van der Waals surface area contributed by atoms with E-state index >= 15 is 0 Å². The van der Waals surface area contributed by atoms with Crippen molar-refractivity contribution in [3.05, 3.63) is 60.2 Å². The zero-order valence-electron chi connectivity index (χ0n) is 12.1. The minimum atomic E-state index is -0.0292. The highest BCUT2D eigenvalue weighted by atomic mass is 16.3. The first-order valence-corrected chi connectivity index (χ1v) is 6.88. The number of pyridine rings is 1. The molecule has 3 aromatic rings. The van der Waals surface area contributed by atoms with Gasteiger partial charge >= 0.3 is 0 Å². The Morgan fingerprint density at radius 3 is 2.39 bits per heavy atom. The molecule has 0 unspecified atom stereocenters. The van der Waals surface area contributed by atoms with E-state index in [1.165, 1.54) is 18.2 Å². The lowest BCUT2D eigenvalue weighted by atomic mass is 9.98. The number of nitrogen functional groups attached to an aromatic ring is 1. The summed E-state index contributed by atoms with van der Waals surface area (Å²) in [6, 6.07) is 17.2. The molecular weight excluding hydrogens is 290 g/mol. The molecule has 0 saturated carbocycles. The van der Waals surface area contributed by atoms with Crippen molar-refractivity contribution in [2.75, 3.05) is 5.73 Å². The minimum Gasteiger partial charge on any atom is -0.508 e. The highest BCUT2D eigenvalue weighted by Gasteiger charge is 2.15. The minimum absolute atomic E-state index is 0.00351. The molecule has 5 heteroatoms. The van der Waals surface area contributed by atoms with Crippen LogP contribution in [0.1, 0.15) is 5.56 Å². The van der Waals surface area contributed by atoms with Crippen molar-refractivity contribution in [3.8, 4) is 40.0 Å². The van der Waals surface area contributed by atoms with E-state index in [-0.39, 0.29) is 22.9 Å². The Hall–Kier alpha value is -3.52. The maximum atomic E-state index is 10.0. The molecule has 23 heavy (non-hydrogen) atoms. The number of aromatic hydroxyl groups is 2. The largest absolute Gasteiger partial charge is 0.508 e. The van der Waals surface area contributed by atoms with Gasteiger partial charge in [0.05, 0.1) is 5.69 Å². The number of benzene rings is 2. The van der Waals surface area contributed by atoms with Gasteiger partial charge in [-0.05, 0) is 29.8 Å². The van der Waals surface area contributed by atoms with Crippen molar-refractivity contribution >= 4 is 5.82 Å². The number of rotatable bonds is 2. The molecule has 0 amide bonds. The van der Waals surface area contributed by atoms with Crippen LogP contribution in [0, 0.1) is 11.3 Å². The number of phenols is 2. The molecule has 0 radical (unpaired) electrons.